The molecule has 3 rings (SSSR count). The minimum absolute atomic E-state index is 0.386. The first kappa shape index (κ1) is 13.9. The maximum atomic E-state index is 5.94. The summed E-state index contributed by atoms with van der Waals surface area (Å²) in [6.45, 7) is 0. The number of hydrogen-bond acceptors (Lipinski definition) is 6. The number of benzene rings is 1. The highest BCUT2D eigenvalue weighted by atomic mass is 35.5. The van der Waals surface area contributed by atoms with Crippen molar-refractivity contribution in [1.82, 2.24) is 15.1 Å². The summed E-state index contributed by atoms with van der Waals surface area (Å²) >= 11 is 7.53. The van der Waals surface area contributed by atoms with Crippen LogP contribution in [-0.2, 0) is 5.75 Å². The number of nitrogen functional groups attached to an aromatic ring is 1. The van der Waals surface area contributed by atoms with Crippen LogP contribution in [0.15, 0.2) is 52.0 Å². The highest BCUT2D eigenvalue weighted by Gasteiger charge is 2.10. The van der Waals surface area contributed by atoms with Gasteiger partial charge in [-0.25, -0.2) is 4.98 Å². The lowest BCUT2D eigenvalue weighted by atomic mass is 10.3. The number of pyridine rings is 1. The fourth-order valence-electron chi connectivity index (χ4n) is 1.65. The maximum Gasteiger partial charge on any atom is 0.276 e. The van der Waals surface area contributed by atoms with Crippen LogP contribution in [0.5, 0.6) is 0 Å². The monoisotopic (exact) mass is 318 g/mol. The average Bonchev–Trinajstić information content (AvgIpc) is 2.95. The summed E-state index contributed by atoms with van der Waals surface area (Å²) in [6.07, 6.45) is 1.56. The molecule has 2 N–H and O–H groups in total. The van der Waals surface area contributed by atoms with Gasteiger partial charge in [-0.1, -0.05) is 22.8 Å². The molecule has 5 nitrogen and oxygen atoms in total. The lowest BCUT2D eigenvalue weighted by molar-refractivity contribution is 0.424. The summed E-state index contributed by atoms with van der Waals surface area (Å²) in [6, 6.07) is 11.1. The Morgan fingerprint density at radius 2 is 2.14 bits per heavy atom. The average molecular weight is 319 g/mol. The van der Waals surface area contributed by atoms with Crippen LogP contribution < -0.4 is 5.73 Å². The van der Waals surface area contributed by atoms with E-state index in [2.05, 4.69) is 15.1 Å². The first-order chi connectivity index (χ1) is 10.2. The number of thioether (sulfide) groups is 1. The second kappa shape index (κ2) is 6.15. The third-order valence-corrected chi connectivity index (χ3v) is 3.86. The molecule has 0 fully saturated rings. The van der Waals surface area contributed by atoms with Gasteiger partial charge in [0.2, 0.25) is 0 Å². The molecule has 0 aliphatic carbocycles. The van der Waals surface area contributed by atoms with E-state index in [1.165, 1.54) is 0 Å². The van der Waals surface area contributed by atoms with Crippen LogP contribution in [0.3, 0.4) is 0 Å². The van der Waals surface area contributed by atoms with Gasteiger partial charge in [-0.3, -0.25) is 0 Å². The molecule has 0 amide bonds. The molecule has 0 saturated heterocycles. The van der Waals surface area contributed by atoms with Gasteiger partial charge in [-0.2, -0.15) is 4.98 Å². The second-order valence-electron chi connectivity index (χ2n) is 4.24. The van der Waals surface area contributed by atoms with E-state index in [9.17, 15) is 0 Å². The first-order valence-electron chi connectivity index (χ1n) is 6.13. The molecule has 0 saturated carbocycles. The summed E-state index contributed by atoms with van der Waals surface area (Å²) < 4.78 is 5.20. The predicted molar refractivity (Wildman–Crippen MR) is 83.0 cm³/mol. The van der Waals surface area contributed by atoms with Crippen molar-refractivity contribution in [2.75, 3.05) is 5.73 Å². The topological polar surface area (TPSA) is 77.8 Å². The van der Waals surface area contributed by atoms with E-state index in [4.69, 9.17) is 21.9 Å². The van der Waals surface area contributed by atoms with Crippen molar-refractivity contribution in [3.05, 3.63) is 53.4 Å². The Hall–Kier alpha value is -2.05. The Balaban J connectivity index is 1.69. The zero-order chi connectivity index (χ0) is 14.7. The smallest absolute Gasteiger partial charge is 0.276 e. The Morgan fingerprint density at radius 1 is 1.24 bits per heavy atom. The minimum atomic E-state index is 0.386. The third kappa shape index (κ3) is 3.53. The molecule has 2 heterocycles. The van der Waals surface area contributed by atoms with E-state index in [1.54, 1.807) is 30.1 Å². The molecule has 0 unspecified atom stereocenters. The molecular formula is C14H11ClN4OS. The van der Waals surface area contributed by atoms with Gasteiger partial charge in [0.15, 0.2) is 5.82 Å². The van der Waals surface area contributed by atoms with Crippen molar-refractivity contribution in [2.45, 2.75) is 10.6 Å². The predicted octanol–water partition coefficient (Wildman–Crippen LogP) is 3.66. The normalized spacial score (nSPS) is 10.7. The van der Waals surface area contributed by atoms with Crippen LogP contribution >= 0.6 is 23.4 Å². The SMILES string of the molecule is Nc1ccc(-c2nc(CSc3cccc(Cl)c3)no2)nc1. The molecule has 0 spiro atoms. The van der Waals surface area contributed by atoms with Gasteiger partial charge in [-0.15, -0.1) is 11.8 Å². The van der Waals surface area contributed by atoms with Gasteiger partial charge >= 0.3 is 0 Å². The number of anilines is 1. The highest BCUT2D eigenvalue weighted by molar-refractivity contribution is 7.98. The largest absolute Gasteiger partial charge is 0.397 e. The van der Waals surface area contributed by atoms with Crippen molar-refractivity contribution in [3.63, 3.8) is 0 Å². The standard InChI is InChI=1S/C14H11ClN4OS/c15-9-2-1-3-11(6-9)21-8-13-18-14(20-19-13)12-5-4-10(16)7-17-12/h1-7H,8,16H2. The summed E-state index contributed by atoms with van der Waals surface area (Å²) in [4.78, 5) is 9.51. The molecule has 0 bridgehead atoms. The van der Waals surface area contributed by atoms with Gasteiger partial charge in [-0.05, 0) is 30.3 Å². The number of rotatable bonds is 4. The lowest BCUT2D eigenvalue weighted by Crippen LogP contribution is -1.89. The van der Waals surface area contributed by atoms with Crippen LogP contribution in [0.2, 0.25) is 5.02 Å². The number of nitrogens with zero attached hydrogens (tertiary/aromatic N) is 3. The summed E-state index contributed by atoms with van der Waals surface area (Å²) in [5.74, 6) is 1.59. The number of hydrogen-bond donors (Lipinski definition) is 1. The van der Waals surface area contributed by atoms with Gasteiger partial charge in [0.1, 0.15) is 5.69 Å². The fourth-order valence-corrected chi connectivity index (χ4v) is 2.71. The Bertz CT molecular complexity index is 745. The van der Waals surface area contributed by atoms with Crippen molar-refractivity contribution in [1.29, 1.82) is 0 Å². The van der Waals surface area contributed by atoms with Crippen LogP contribution in [-0.4, -0.2) is 15.1 Å². The molecule has 1 aromatic carbocycles. The zero-order valence-corrected chi connectivity index (χ0v) is 12.4. The maximum absolute atomic E-state index is 5.94. The van der Waals surface area contributed by atoms with Crippen molar-refractivity contribution >= 4 is 29.1 Å². The van der Waals surface area contributed by atoms with Gasteiger partial charge in [0, 0.05) is 9.92 Å². The third-order valence-electron chi connectivity index (χ3n) is 2.64. The van der Waals surface area contributed by atoms with Gasteiger partial charge in [0.05, 0.1) is 17.6 Å². The van der Waals surface area contributed by atoms with Crippen molar-refractivity contribution < 1.29 is 4.52 Å². The lowest BCUT2D eigenvalue weighted by Gasteiger charge is -1.98. The molecule has 0 atom stereocenters. The van der Waals surface area contributed by atoms with E-state index in [0.717, 1.165) is 4.90 Å². The Kier molecular flexibility index (Phi) is 4.08. The van der Waals surface area contributed by atoms with Gasteiger partial charge < -0.3 is 10.3 Å². The second-order valence-corrected chi connectivity index (χ2v) is 5.72. The fraction of sp³-hybridized carbons (Fsp3) is 0.0714. The highest BCUT2D eigenvalue weighted by Crippen LogP contribution is 2.25. The van der Waals surface area contributed by atoms with Crippen molar-refractivity contribution in [2.24, 2.45) is 0 Å². The van der Waals surface area contributed by atoms with Crippen LogP contribution in [0.1, 0.15) is 5.82 Å². The zero-order valence-electron chi connectivity index (χ0n) is 10.9. The van der Waals surface area contributed by atoms with Gasteiger partial charge in [0.25, 0.3) is 5.89 Å². The Morgan fingerprint density at radius 3 is 2.90 bits per heavy atom. The number of halogens is 1. The summed E-state index contributed by atoms with van der Waals surface area (Å²) in [7, 11) is 0. The first-order valence-corrected chi connectivity index (χ1v) is 7.50. The van der Waals surface area contributed by atoms with E-state index in [0.29, 0.717) is 33.9 Å². The number of nitrogens with two attached hydrogens (primary N) is 1. The molecule has 0 radical (unpaired) electrons. The van der Waals surface area contributed by atoms with E-state index >= 15 is 0 Å². The summed E-state index contributed by atoms with van der Waals surface area (Å²) in [5, 5.41) is 4.65. The van der Waals surface area contributed by atoms with Crippen molar-refractivity contribution in [3.8, 4) is 11.6 Å². The molecular weight excluding hydrogens is 308 g/mol. The van der Waals surface area contributed by atoms with Crippen LogP contribution in [0, 0.1) is 0 Å². The van der Waals surface area contributed by atoms with E-state index in [1.807, 2.05) is 24.3 Å². The molecule has 106 valence electrons. The quantitative estimate of drug-likeness (QED) is 0.740. The number of aromatic nitrogens is 3. The summed E-state index contributed by atoms with van der Waals surface area (Å²) in [5.41, 5.74) is 6.79. The molecule has 2 aromatic heterocycles. The van der Waals surface area contributed by atoms with E-state index in [-0.39, 0.29) is 0 Å². The van der Waals surface area contributed by atoms with E-state index < -0.39 is 0 Å². The Labute approximate surface area is 130 Å². The van der Waals surface area contributed by atoms with Crippen LogP contribution in [0.25, 0.3) is 11.6 Å². The molecule has 7 heteroatoms. The molecule has 0 aliphatic rings. The minimum Gasteiger partial charge on any atom is -0.397 e. The van der Waals surface area contributed by atoms with Crippen LogP contribution in [0.4, 0.5) is 5.69 Å². The molecule has 21 heavy (non-hydrogen) atoms. The molecule has 0 aliphatic heterocycles. The molecule has 3 aromatic rings.